The van der Waals surface area contributed by atoms with Crippen molar-refractivity contribution in [1.29, 1.82) is 5.26 Å². The molecule has 2 aromatic heterocycles. The number of hydrogen-bond donors (Lipinski definition) is 1. The minimum absolute atomic E-state index is 0.101. The number of nitriles is 1. The van der Waals surface area contributed by atoms with E-state index in [9.17, 15) is 18.5 Å². The molecule has 1 saturated carbocycles. The van der Waals surface area contributed by atoms with E-state index in [1.54, 1.807) is 7.11 Å². The molecule has 1 aliphatic carbocycles. The van der Waals surface area contributed by atoms with Gasteiger partial charge in [0.05, 0.1) is 29.5 Å². The monoisotopic (exact) mass is 529 g/mol. The van der Waals surface area contributed by atoms with Crippen molar-refractivity contribution in [3.05, 3.63) is 35.0 Å². The van der Waals surface area contributed by atoms with E-state index in [2.05, 4.69) is 37.1 Å². The largest absolute Gasteiger partial charge is 0.493 e. The summed E-state index contributed by atoms with van der Waals surface area (Å²) in [6.45, 7) is 10.4. The first-order valence-electron chi connectivity index (χ1n) is 12.7. The molecule has 1 N–H and O–H groups in total. The Hall–Kier alpha value is -2.93. The van der Waals surface area contributed by atoms with Crippen LogP contribution in [0.1, 0.15) is 80.9 Å². The van der Waals surface area contributed by atoms with Gasteiger partial charge in [-0.15, -0.1) is 0 Å². The van der Waals surface area contributed by atoms with Crippen molar-refractivity contribution in [2.24, 2.45) is 10.8 Å². The van der Waals surface area contributed by atoms with Gasteiger partial charge in [-0.25, -0.2) is 18.4 Å². The molecule has 1 fully saturated rings. The number of imidazole rings is 1. The third-order valence-corrected chi connectivity index (χ3v) is 8.77. The second-order valence-electron chi connectivity index (χ2n) is 11.4. The topological polar surface area (TPSA) is 127 Å². The lowest BCUT2D eigenvalue weighted by molar-refractivity contribution is 0.0926. The van der Waals surface area contributed by atoms with Crippen LogP contribution in [0.2, 0.25) is 0 Å². The summed E-state index contributed by atoms with van der Waals surface area (Å²) in [5.41, 5.74) is 1.29. The molecule has 1 amide bonds. The summed E-state index contributed by atoms with van der Waals surface area (Å²) in [6.07, 6.45) is 6.21. The highest BCUT2D eigenvalue weighted by molar-refractivity contribution is 7.91. The van der Waals surface area contributed by atoms with Crippen LogP contribution in [-0.4, -0.2) is 54.0 Å². The fourth-order valence-electron chi connectivity index (χ4n) is 5.03. The molecule has 0 bridgehead atoms. The molecule has 0 atom stereocenters. The van der Waals surface area contributed by atoms with Crippen LogP contribution in [0, 0.1) is 29.1 Å². The molecule has 10 heteroatoms. The highest BCUT2D eigenvalue weighted by Crippen LogP contribution is 2.37. The number of aromatic nitrogens is 3. The summed E-state index contributed by atoms with van der Waals surface area (Å²) in [6, 6.07) is 4.32. The fraction of sp³-hybridized carbons (Fsp3) is 0.630. The van der Waals surface area contributed by atoms with Crippen LogP contribution in [0.25, 0.3) is 5.82 Å². The normalized spacial score (nSPS) is 20.3. The second kappa shape index (κ2) is 10.8. The van der Waals surface area contributed by atoms with Gasteiger partial charge in [0.2, 0.25) is 0 Å². The Morgan fingerprint density at radius 2 is 1.97 bits per heavy atom. The van der Waals surface area contributed by atoms with Crippen molar-refractivity contribution in [3.63, 3.8) is 0 Å². The summed E-state index contributed by atoms with van der Waals surface area (Å²) in [5, 5.41) is 12.3. The molecular formula is C27H39N5O4S. The average Bonchev–Trinajstić information content (AvgIpc) is 3.17. The number of rotatable bonds is 8. The smallest absolute Gasteiger partial charge is 0.271 e. The minimum Gasteiger partial charge on any atom is -0.493 e. The maximum atomic E-state index is 13.2. The Balaban J connectivity index is 1.84. The first-order chi connectivity index (χ1) is 17.2. The molecule has 2 heterocycles. The lowest BCUT2D eigenvalue weighted by Crippen LogP contribution is -2.41. The minimum atomic E-state index is -3.14. The van der Waals surface area contributed by atoms with Crippen LogP contribution in [0.4, 0.5) is 0 Å². The first kappa shape index (κ1) is 28.6. The molecule has 0 spiro atoms. The molecule has 9 nitrogen and oxygen atoms in total. The van der Waals surface area contributed by atoms with Crippen LogP contribution in [0.3, 0.4) is 0 Å². The van der Waals surface area contributed by atoms with Gasteiger partial charge in [0.1, 0.15) is 21.4 Å². The summed E-state index contributed by atoms with van der Waals surface area (Å²) < 4.78 is 31.3. The van der Waals surface area contributed by atoms with Crippen molar-refractivity contribution in [3.8, 4) is 17.6 Å². The van der Waals surface area contributed by atoms with E-state index in [1.165, 1.54) is 6.26 Å². The number of nitrogens with one attached hydrogen (secondary N) is 1. The maximum absolute atomic E-state index is 13.2. The Labute approximate surface area is 220 Å². The van der Waals surface area contributed by atoms with Gasteiger partial charge in [-0.05, 0) is 56.1 Å². The van der Waals surface area contributed by atoms with Gasteiger partial charge in [-0.3, -0.25) is 9.36 Å². The molecule has 202 valence electrons. The molecular weight excluding hydrogens is 490 g/mol. The lowest BCUT2D eigenvalue weighted by atomic mass is 9.75. The van der Waals surface area contributed by atoms with Gasteiger partial charge in [-0.2, -0.15) is 5.26 Å². The quantitative estimate of drug-likeness (QED) is 0.548. The SMILES string of the molecule is CCc1nc(C(=O)NCC2(C#N)CCC(S(C)(=O)=O)CC2)c(C)n1-c1ncc(CC(C)(C)C)cc1OC. The molecule has 1 aliphatic rings. The number of carbonyl (C=O) groups is 1. The molecule has 3 rings (SSSR count). The number of aryl methyl sites for hydroxylation is 1. The number of carbonyl (C=O) groups excluding carboxylic acids is 1. The van der Waals surface area contributed by atoms with E-state index in [-0.39, 0.29) is 23.6 Å². The van der Waals surface area contributed by atoms with E-state index in [0.717, 1.165) is 12.0 Å². The number of hydrogen-bond acceptors (Lipinski definition) is 7. The molecule has 0 saturated heterocycles. The zero-order chi connectivity index (χ0) is 27.6. The standard InChI is InChI=1S/C27H39N5O4S/c1-8-22-31-23(25(33)30-17-27(16-28)11-9-20(10-12-27)37(7,34)35)18(2)32(22)24-21(36-6)13-19(15-29-24)14-26(3,4)5/h13,15,20H,8-12,14,17H2,1-7H3,(H,30,33). The highest BCUT2D eigenvalue weighted by atomic mass is 32.2. The van der Waals surface area contributed by atoms with Crippen molar-refractivity contribution in [1.82, 2.24) is 19.9 Å². The Morgan fingerprint density at radius 1 is 1.32 bits per heavy atom. The lowest BCUT2D eigenvalue weighted by Gasteiger charge is -2.34. The van der Waals surface area contributed by atoms with Gasteiger partial charge in [0.15, 0.2) is 11.6 Å². The zero-order valence-corrected chi connectivity index (χ0v) is 23.8. The van der Waals surface area contributed by atoms with Gasteiger partial charge < -0.3 is 10.1 Å². The summed E-state index contributed by atoms with van der Waals surface area (Å²) >= 11 is 0. The third kappa shape index (κ3) is 6.50. The fourth-order valence-corrected chi connectivity index (χ4v) is 6.12. The maximum Gasteiger partial charge on any atom is 0.271 e. The molecule has 2 aromatic rings. The summed E-state index contributed by atoms with van der Waals surface area (Å²) in [7, 11) is -1.54. The Morgan fingerprint density at radius 3 is 2.49 bits per heavy atom. The van der Waals surface area contributed by atoms with Gasteiger partial charge in [0, 0.05) is 25.4 Å². The predicted molar refractivity (Wildman–Crippen MR) is 143 cm³/mol. The van der Waals surface area contributed by atoms with Crippen molar-refractivity contribution >= 4 is 15.7 Å². The van der Waals surface area contributed by atoms with E-state index in [0.29, 0.717) is 55.2 Å². The van der Waals surface area contributed by atoms with Crippen LogP contribution in [0.5, 0.6) is 5.75 Å². The molecule has 0 radical (unpaired) electrons. The first-order valence-corrected chi connectivity index (χ1v) is 14.7. The third-order valence-electron chi connectivity index (χ3n) is 7.08. The van der Waals surface area contributed by atoms with Crippen molar-refractivity contribution < 1.29 is 17.9 Å². The Bertz CT molecular complexity index is 1290. The van der Waals surface area contributed by atoms with E-state index < -0.39 is 20.5 Å². The number of amides is 1. The Kier molecular flexibility index (Phi) is 8.37. The van der Waals surface area contributed by atoms with E-state index in [4.69, 9.17) is 9.72 Å². The van der Waals surface area contributed by atoms with Gasteiger partial charge in [0.25, 0.3) is 5.91 Å². The van der Waals surface area contributed by atoms with E-state index in [1.807, 2.05) is 30.7 Å². The molecule has 0 aromatic carbocycles. The zero-order valence-electron chi connectivity index (χ0n) is 23.0. The molecule has 37 heavy (non-hydrogen) atoms. The van der Waals surface area contributed by atoms with Crippen LogP contribution < -0.4 is 10.1 Å². The molecule has 0 aliphatic heterocycles. The number of nitrogens with zero attached hydrogens (tertiary/aromatic N) is 4. The van der Waals surface area contributed by atoms with Gasteiger partial charge in [-0.1, -0.05) is 27.7 Å². The highest BCUT2D eigenvalue weighted by Gasteiger charge is 2.39. The van der Waals surface area contributed by atoms with Crippen molar-refractivity contribution in [2.75, 3.05) is 19.9 Å². The summed E-state index contributed by atoms with van der Waals surface area (Å²) in [4.78, 5) is 22.5. The van der Waals surface area contributed by atoms with Crippen LogP contribution >= 0.6 is 0 Å². The number of ether oxygens (including phenoxy) is 1. The van der Waals surface area contributed by atoms with Crippen LogP contribution in [0.15, 0.2) is 12.3 Å². The van der Waals surface area contributed by atoms with Gasteiger partial charge >= 0.3 is 0 Å². The second-order valence-corrected chi connectivity index (χ2v) is 13.7. The van der Waals surface area contributed by atoms with Crippen LogP contribution in [-0.2, 0) is 22.7 Å². The number of methoxy groups -OCH3 is 1. The molecule has 0 unspecified atom stereocenters. The number of pyridine rings is 1. The summed E-state index contributed by atoms with van der Waals surface area (Å²) in [5.74, 6) is 1.50. The predicted octanol–water partition coefficient (Wildman–Crippen LogP) is 3.96. The average molecular weight is 530 g/mol. The van der Waals surface area contributed by atoms with E-state index >= 15 is 0 Å². The number of sulfone groups is 1. The van der Waals surface area contributed by atoms with Crippen molar-refractivity contribution in [2.45, 2.75) is 78.4 Å².